The molecule has 0 heterocycles. The molecule has 0 unspecified atom stereocenters. The maximum Gasteiger partial charge on any atom is 0.224 e. The van der Waals surface area contributed by atoms with Crippen molar-refractivity contribution in [2.75, 3.05) is 5.32 Å². The smallest absolute Gasteiger partial charge is 0.224 e. The molecular weight excluding hydrogens is 289 g/mol. The third-order valence-electron chi connectivity index (χ3n) is 2.69. The lowest BCUT2D eigenvalue weighted by molar-refractivity contribution is -0.116. The van der Waals surface area contributed by atoms with Crippen LogP contribution < -0.4 is 5.32 Å². The number of carbonyl (C=O) groups excluding carboxylic acids is 1. The zero-order chi connectivity index (χ0) is 11.7. The Morgan fingerprint density at radius 1 is 1.56 bits per heavy atom. The average molecular weight is 303 g/mol. The van der Waals surface area contributed by atoms with Crippen molar-refractivity contribution in [3.63, 3.8) is 0 Å². The van der Waals surface area contributed by atoms with E-state index in [2.05, 4.69) is 21.2 Å². The minimum Gasteiger partial charge on any atom is -0.325 e. The van der Waals surface area contributed by atoms with Gasteiger partial charge in [-0.25, -0.2) is 0 Å². The van der Waals surface area contributed by atoms with Gasteiger partial charge in [-0.05, 0) is 59.3 Å². The third kappa shape index (κ3) is 2.98. The van der Waals surface area contributed by atoms with Crippen molar-refractivity contribution < 1.29 is 4.79 Å². The standard InChI is InChI=1S/C12H13BrClNO/c1-7-4-9(13)11(6-10(7)14)15-12(16)5-8-2-3-8/h4,6,8H,2-3,5H2,1H3,(H,15,16). The van der Waals surface area contributed by atoms with Gasteiger partial charge < -0.3 is 5.32 Å². The highest BCUT2D eigenvalue weighted by atomic mass is 79.9. The van der Waals surface area contributed by atoms with E-state index < -0.39 is 0 Å². The van der Waals surface area contributed by atoms with Crippen molar-refractivity contribution in [2.24, 2.45) is 5.92 Å². The second-order valence-electron chi connectivity index (χ2n) is 4.28. The molecule has 86 valence electrons. The molecule has 1 aromatic rings. The van der Waals surface area contributed by atoms with Crippen LogP contribution in [-0.4, -0.2) is 5.91 Å². The van der Waals surface area contributed by atoms with Crippen molar-refractivity contribution in [3.05, 3.63) is 27.2 Å². The summed E-state index contributed by atoms with van der Waals surface area (Å²) in [6.07, 6.45) is 2.99. The largest absolute Gasteiger partial charge is 0.325 e. The van der Waals surface area contributed by atoms with E-state index in [1.807, 2.05) is 13.0 Å². The summed E-state index contributed by atoms with van der Waals surface area (Å²) in [6.45, 7) is 1.93. The second-order valence-corrected chi connectivity index (χ2v) is 5.54. The molecule has 0 bridgehead atoms. The molecule has 1 aliphatic rings. The second kappa shape index (κ2) is 4.76. The molecule has 1 amide bonds. The molecule has 16 heavy (non-hydrogen) atoms. The van der Waals surface area contributed by atoms with Crippen molar-refractivity contribution in [2.45, 2.75) is 26.2 Å². The van der Waals surface area contributed by atoms with Crippen LogP contribution in [0.1, 0.15) is 24.8 Å². The Bertz CT molecular complexity index is 429. The molecule has 0 aromatic heterocycles. The van der Waals surface area contributed by atoms with E-state index in [1.54, 1.807) is 6.07 Å². The summed E-state index contributed by atoms with van der Waals surface area (Å²) < 4.78 is 0.874. The number of anilines is 1. The molecule has 0 radical (unpaired) electrons. The molecule has 1 aliphatic carbocycles. The highest BCUT2D eigenvalue weighted by Crippen LogP contribution is 2.34. The minimum absolute atomic E-state index is 0.0723. The van der Waals surface area contributed by atoms with Crippen molar-refractivity contribution in [1.29, 1.82) is 0 Å². The van der Waals surface area contributed by atoms with Crippen LogP contribution in [0.25, 0.3) is 0 Å². The monoisotopic (exact) mass is 301 g/mol. The van der Waals surface area contributed by atoms with Crippen LogP contribution in [0.4, 0.5) is 5.69 Å². The van der Waals surface area contributed by atoms with Gasteiger partial charge in [0.05, 0.1) is 5.69 Å². The lowest BCUT2D eigenvalue weighted by Crippen LogP contribution is -2.12. The van der Waals surface area contributed by atoms with E-state index in [1.165, 1.54) is 12.8 Å². The van der Waals surface area contributed by atoms with E-state index in [4.69, 9.17) is 11.6 Å². The number of hydrogen-bond acceptors (Lipinski definition) is 1. The summed E-state index contributed by atoms with van der Waals surface area (Å²) in [5, 5.41) is 3.55. The van der Waals surface area contributed by atoms with Gasteiger partial charge in [-0.2, -0.15) is 0 Å². The first-order valence-corrected chi connectivity index (χ1v) is 6.49. The van der Waals surface area contributed by atoms with Gasteiger partial charge in [-0.1, -0.05) is 11.6 Å². The van der Waals surface area contributed by atoms with Crippen LogP contribution in [-0.2, 0) is 4.79 Å². The van der Waals surface area contributed by atoms with E-state index in [0.29, 0.717) is 17.4 Å². The third-order valence-corrected chi connectivity index (χ3v) is 3.76. The van der Waals surface area contributed by atoms with E-state index in [0.717, 1.165) is 15.7 Å². The average Bonchev–Trinajstić information content (AvgIpc) is 2.98. The number of carbonyl (C=O) groups is 1. The number of nitrogens with one attached hydrogen (secondary N) is 1. The topological polar surface area (TPSA) is 29.1 Å². The maximum absolute atomic E-state index is 11.6. The SMILES string of the molecule is Cc1cc(Br)c(NC(=O)CC2CC2)cc1Cl. The Kier molecular flexibility index (Phi) is 3.55. The highest BCUT2D eigenvalue weighted by molar-refractivity contribution is 9.10. The summed E-state index contributed by atoms with van der Waals surface area (Å²) in [5.41, 5.74) is 1.75. The van der Waals surface area contributed by atoms with E-state index in [9.17, 15) is 4.79 Å². The Balaban J connectivity index is 2.07. The molecule has 4 heteroatoms. The van der Waals surface area contributed by atoms with Gasteiger partial charge in [0, 0.05) is 15.9 Å². The summed E-state index contributed by atoms with van der Waals surface area (Å²) in [7, 11) is 0. The molecular formula is C12H13BrClNO. The van der Waals surface area contributed by atoms with Crippen molar-refractivity contribution in [3.8, 4) is 0 Å². The molecule has 0 aliphatic heterocycles. The van der Waals surface area contributed by atoms with Crippen molar-refractivity contribution in [1.82, 2.24) is 0 Å². The lowest BCUT2D eigenvalue weighted by Gasteiger charge is -2.09. The Morgan fingerprint density at radius 2 is 2.25 bits per heavy atom. The zero-order valence-corrected chi connectivity index (χ0v) is 11.4. The molecule has 0 atom stereocenters. The van der Waals surface area contributed by atoms with Gasteiger partial charge in [0.2, 0.25) is 5.91 Å². The fraction of sp³-hybridized carbons (Fsp3) is 0.417. The molecule has 0 spiro atoms. The first kappa shape index (κ1) is 11.9. The van der Waals surface area contributed by atoms with Gasteiger partial charge in [0.1, 0.15) is 0 Å². The fourth-order valence-corrected chi connectivity index (χ4v) is 2.25. The predicted molar refractivity (Wildman–Crippen MR) is 69.9 cm³/mol. The molecule has 1 aromatic carbocycles. The maximum atomic E-state index is 11.6. The van der Waals surface area contributed by atoms with Gasteiger partial charge in [-0.3, -0.25) is 4.79 Å². The van der Waals surface area contributed by atoms with E-state index >= 15 is 0 Å². The van der Waals surface area contributed by atoms with Gasteiger partial charge in [-0.15, -0.1) is 0 Å². The van der Waals surface area contributed by atoms with Crippen LogP contribution in [0.2, 0.25) is 5.02 Å². The lowest BCUT2D eigenvalue weighted by atomic mass is 10.2. The first-order chi connectivity index (χ1) is 7.56. The summed E-state index contributed by atoms with van der Waals surface area (Å²) in [6, 6.07) is 3.70. The van der Waals surface area contributed by atoms with Crippen molar-refractivity contribution >= 4 is 39.1 Å². The molecule has 1 saturated carbocycles. The van der Waals surface area contributed by atoms with Crippen LogP contribution in [0.15, 0.2) is 16.6 Å². The van der Waals surface area contributed by atoms with Crippen LogP contribution in [0, 0.1) is 12.8 Å². The molecule has 0 saturated heterocycles. The Labute approximate surface area is 108 Å². The van der Waals surface area contributed by atoms with Gasteiger partial charge in [0.15, 0.2) is 0 Å². The molecule has 2 rings (SSSR count). The summed E-state index contributed by atoms with van der Waals surface area (Å²) >= 11 is 9.43. The Hall–Kier alpha value is -0.540. The van der Waals surface area contributed by atoms with Crippen LogP contribution >= 0.6 is 27.5 Å². The number of benzene rings is 1. The number of amides is 1. The normalized spacial score (nSPS) is 14.9. The van der Waals surface area contributed by atoms with E-state index in [-0.39, 0.29) is 5.91 Å². The van der Waals surface area contributed by atoms with Crippen LogP contribution in [0.5, 0.6) is 0 Å². The number of rotatable bonds is 3. The summed E-state index contributed by atoms with van der Waals surface area (Å²) in [5.74, 6) is 0.669. The molecule has 1 N–H and O–H groups in total. The predicted octanol–water partition coefficient (Wildman–Crippen LogP) is 4.15. The number of halogens is 2. The molecule has 1 fully saturated rings. The zero-order valence-electron chi connectivity index (χ0n) is 9.02. The summed E-state index contributed by atoms with van der Waals surface area (Å²) in [4.78, 5) is 11.6. The molecule has 2 nitrogen and oxygen atoms in total. The quantitative estimate of drug-likeness (QED) is 0.893. The highest BCUT2D eigenvalue weighted by Gasteiger charge is 2.24. The van der Waals surface area contributed by atoms with Crippen LogP contribution in [0.3, 0.4) is 0 Å². The van der Waals surface area contributed by atoms with Gasteiger partial charge in [0.25, 0.3) is 0 Å². The Morgan fingerprint density at radius 3 is 2.88 bits per heavy atom. The number of hydrogen-bond donors (Lipinski definition) is 1. The first-order valence-electron chi connectivity index (χ1n) is 5.32. The fourth-order valence-electron chi connectivity index (χ4n) is 1.53. The van der Waals surface area contributed by atoms with Gasteiger partial charge >= 0.3 is 0 Å². The minimum atomic E-state index is 0.0723. The number of aryl methyl sites for hydroxylation is 1.